The lowest BCUT2D eigenvalue weighted by Gasteiger charge is -2.32. The third kappa shape index (κ3) is 4.07. The molecule has 138 valence electrons. The molecule has 1 saturated heterocycles. The topological polar surface area (TPSA) is 60.8 Å². The van der Waals surface area contributed by atoms with E-state index in [1.165, 1.54) is 0 Å². The molecule has 3 rings (SSSR count). The molecule has 2 heterocycles. The second-order valence-electron chi connectivity index (χ2n) is 6.50. The Morgan fingerprint density at radius 1 is 1.15 bits per heavy atom. The number of rotatable bonds is 5. The van der Waals surface area contributed by atoms with Crippen LogP contribution in [0.5, 0.6) is 11.5 Å². The predicted octanol–water partition coefficient (Wildman–Crippen LogP) is 2.18. The molecule has 1 amide bonds. The summed E-state index contributed by atoms with van der Waals surface area (Å²) in [7, 11) is 3.32. The van der Waals surface area contributed by atoms with Gasteiger partial charge in [-0.15, -0.1) is 0 Å². The molecule has 0 unspecified atom stereocenters. The molecule has 0 radical (unpaired) electrons. The zero-order valence-corrected chi connectivity index (χ0v) is 15.2. The first kappa shape index (κ1) is 18.0. The zero-order valence-electron chi connectivity index (χ0n) is 15.2. The number of pyridine rings is 1. The van der Waals surface area contributed by atoms with Gasteiger partial charge >= 0.3 is 0 Å². The third-order valence-electron chi connectivity index (χ3n) is 4.87. The predicted molar refractivity (Wildman–Crippen MR) is 98.7 cm³/mol. The van der Waals surface area contributed by atoms with Crippen molar-refractivity contribution in [3.63, 3.8) is 0 Å². The molecule has 0 saturated carbocycles. The molecule has 6 heteroatoms. The number of hydrogen-bond acceptors (Lipinski definition) is 4. The number of aryl methyl sites for hydroxylation is 1. The number of ether oxygens (including phenoxy) is 2. The number of carbonyl (C=O) groups excluding carboxylic acids is 1. The van der Waals surface area contributed by atoms with Gasteiger partial charge in [-0.2, -0.15) is 0 Å². The largest absolute Gasteiger partial charge is 0.493 e. The lowest BCUT2D eigenvalue weighted by Crippen LogP contribution is -2.40. The van der Waals surface area contributed by atoms with Crippen molar-refractivity contribution in [2.45, 2.75) is 18.8 Å². The van der Waals surface area contributed by atoms with Crippen molar-refractivity contribution in [3.8, 4) is 11.5 Å². The molecule has 26 heavy (non-hydrogen) atoms. The summed E-state index contributed by atoms with van der Waals surface area (Å²) in [6.45, 7) is 1.35. The minimum absolute atomic E-state index is 0.00306. The Bertz CT molecular complexity index is 823. The van der Waals surface area contributed by atoms with Gasteiger partial charge < -0.3 is 18.9 Å². The van der Waals surface area contributed by atoms with E-state index < -0.39 is 0 Å². The molecule has 1 aliphatic rings. The molecule has 1 aliphatic heterocycles. The minimum atomic E-state index is -0.0293. The Kier molecular flexibility index (Phi) is 5.61. The Morgan fingerprint density at radius 3 is 2.50 bits per heavy atom. The van der Waals surface area contributed by atoms with E-state index in [1.807, 2.05) is 23.1 Å². The summed E-state index contributed by atoms with van der Waals surface area (Å²) < 4.78 is 12.4. The van der Waals surface area contributed by atoms with E-state index in [-0.39, 0.29) is 18.1 Å². The molecular formula is C20H24N2O4. The summed E-state index contributed by atoms with van der Waals surface area (Å²) in [4.78, 5) is 26.0. The van der Waals surface area contributed by atoms with Crippen LogP contribution >= 0.6 is 0 Å². The molecule has 2 aromatic rings. The Hall–Kier alpha value is -2.76. The van der Waals surface area contributed by atoms with Gasteiger partial charge in [0.25, 0.3) is 11.5 Å². The van der Waals surface area contributed by atoms with Crippen LogP contribution in [0.1, 0.15) is 24.3 Å². The number of carbonyl (C=O) groups is 1. The first-order chi connectivity index (χ1) is 12.6. The molecule has 0 atom stereocenters. The van der Waals surface area contributed by atoms with Crippen LogP contribution in [0.15, 0.2) is 47.4 Å². The monoisotopic (exact) mass is 356 g/mol. The third-order valence-corrected chi connectivity index (χ3v) is 4.87. The maximum atomic E-state index is 12.4. The van der Waals surface area contributed by atoms with Gasteiger partial charge in [-0.25, -0.2) is 0 Å². The fourth-order valence-electron chi connectivity index (χ4n) is 3.25. The highest BCUT2D eigenvalue weighted by Crippen LogP contribution is 2.28. The SMILES string of the molecule is COc1ccccc1OCC(=O)N1CCC(c2ccn(C)c(=O)c2)CC1. The second kappa shape index (κ2) is 8.08. The van der Waals surface area contributed by atoms with Gasteiger partial charge in [-0.05, 0) is 42.5 Å². The smallest absolute Gasteiger partial charge is 0.260 e. The first-order valence-electron chi connectivity index (χ1n) is 8.78. The maximum absolute atomic E-state index is 12.4. The first-order valence-corrected chi connectivity index (χ1v) is 8.78. The number of hydrogen-bond donors (Lipinski definition) is 0. The molecule has 1 aromatic heterocycles. The fourth-order valence-corrected chi connectivity index (χ4v) is 3.25. The molecule has 0 N–H and O–H groups in total. The molecular weight excluding hydrogens is 332 g/mol. The summed E-state index contributed by atoms with van der Waals surface area (Å²) in [6.07, 6.45) is 3.51. The average Bonchev–Trinajstić information content (AvgIpc) is 2.68. The highest BCUT2D eigenvalue weighted by atomic mass is 16.5. The number of benzene rings is 1. The fraction of sp³-hybridized carbons (Fsp3) is 0.400. The number of para-hydroxylation sites is 2. The van der Waals surface area contributed by atoms with Gasteiger partial charge in [-0.1, -0.05) is 12.1 Å². The van der Waals surface area contributed by atoms with E-state index >= 15 is 0 Å². The highest BCUT2D eigenvalue weighted by molar-refractivity contribution is 5.78. The Morgan fingerprint density at radius 2 is 1.85 bits per heavy atom. The maximum Gasteiger partial charge on any atom is 0.260 e. The molecule has 1 aromatic carbocycles. The summed E-state index contributed by atoms with van der Waals surface area (Å²) in [5.74, 6) is 1.48. The van der Waals surface area contributed by atoms with E-state index in [1.54, 1.807) is 43.1 Å². The minimum Gasteiger partial charge on any atom is -0.493 e. The number of aromatic nitrogens is 1. The van der Waals surface area contributed by atoms with Crippen molar-refractivity contribution >= 4 is 5.91 Å². The molecule has 0 spiro atoms. The quantitative estimate of drug-likeness (QED) is 0.824. The van der Waals surface area contributed by atoms with Gasteiger partial charge in [-0.3, -0.25) is 9.59 Å². The number of piperidine rings is 1. The van der Waals surface area contributed by atoms with Crippen LogP contribution in [-0.4, -0.2) is 42.2 Å². The van der Waals surface area contributed by atoms with Gasteiger partial charge in [0.15, 0.2) is 18.1 Å². The summed E-state index contributed by atoms with van der Waals surface area (Å²) in [5, 5.41) is 0. The van der Waals surface area contributed by atoms with E-state index in [9.17, 15) is 9.59 Å². The highest BCUT2D eigenvalue weighted by Gasteiger charge is 2.24. The summed E-state index contributed by atoms with van der Waals surface area (Å²) in [6, 6.07) is 11.0. The van der Waals surface area contributed by atoms with Crippen molar-refractivity contribution in [2.24, 2.45) is 7.05 Å². The van der Waals surface area contributed by atoms with Crippen LogP contribution < -0.4 is 15.0 Å². The standard InChI is InChI=1S/C20H24N2O4/c1-21-10-7-16(13-19(21)23)15-8-11-22(12-9-15)20(24)14-26-18-6-4-3-5-17(18)25-2/h3-7,10,13,15H,8-9,11-12,14H2,1-2H3. The van der Waals surface area contributed by atoms with Gasteiger partial charge in [0, 0.05) is 32.4 Å². The lowest BCUT2D eigenvalue weighted by atomic mass is 9.90. The van der Waals surface area contributed by atoms with Crippen LogP contribution in [0.25, 0.3) is 0 Å². The van der Waals surface area contributed by atoms with Crippen LogP contribution in [0.3, 0.4) is 0 Å². The van der Waals surface area contributed by atoms with Crippen molar-refractivity contribution in [2.75, 3.05) is 26.8 Å². The van der Waals surface area contributed by atoms with Crippen LogP contribution in [0.2, 0.25) is 0 Å². The van der Waals surface area contributed by atoms with Crippen molar-refractivity contribution < 1.29 is 14.3 Å². The summed E-state index contributed by atoms with van der Waals surface area (Å²) in [5.41, 5.74) is 1.07. The van der Waals surface area contributed by atoms with Crippen LogP contribution in [-0.2, 0) is 11.8 Å². The van der Waals surface area contributed by atoms with Crippen LogP contribution in [0, 0.1) is 0 Å². The van der Waals surface area contributed by atoms with E-state index in [4.69, 9.17) is 9.47 Å². The van der Waals surface area contributed by atoms with E-state index in [0.717, 1.165) is 18.4 Å². The molecule has 0 bridgehead atoms. The van der Waals surface area contributed by atoms with Gasteiger partial charge in [0.1, 0.15) is 0 Å². The van der Waals surface area contributed by atoms with Crippen molar-refractivity contribution in [3.05, 3.63) is 58.5 Å². The van der Waals surface area contributed by atoms with Crippen LogP contribution in [0.4, 0.5) is 0 Å². The Labute approximate surface area is 153 Å². The van der Waals surface area contributed by atoms with Crippen molar-refractivity contribution in [1.29, 1.82) is 0 Å². The average molecular weight is 356 g/mol. The number of nitrogens with zero attached hydrogens (tertiary/aromatic N) is 2. The summed E-state index contributed by atoms with van der Waals surface area (Å²) >= 11 is 0. The molecule has 1 fully saturated rings. The van der Waals surface area contributed by atoms with E-state index in [2.05, 4.69) is 0 Å². The molecule has 6 nitrogen and oxygen atoms in total. The number of amides is 1. The van der Waals surface area contributed by atoms with Crippen molar-refractivity contribution in [1.82, 2.24) is 9.47 Å². The lowest BCUT2D eigenvalue weighted by molar-refractivity contribution is -0.134. The number of likely N-dealkylation sites (tertiary alicyclic amines) is 1. The normalized spacial score (nSPS) is 14.9. The second-order valence-corrected chi connectivity index (χ2v) is 6.50. The number of methoxy groups -OCH3 is 1. The van der Waals surface area contributed by atoms with Gasteiger partial charge in [0.2, 0.25) is 0 Å². The molecule has 0 aliphatic carbocycles. The van der Waals surface area contributed by atoms with Gasteiger partial charge in [0.05, 0.1) is 7.11 Å². The van der Waals surface area contributed by atoms with E-state index in [0.29, 0.717) is 30.5 Å². The Balaban J connectivity index is 1.53. The zero-order chi connectivity index (χ0) is 18.5.